The van der Waals surface area contributed by atoms with Crippen molar-refractivity contribution in [1.29, 1.82) is 0 Å². The normalized spacial score (nSPS) is 12.2. The maximum atomic E-state index is 12.1. The Labute approximate surface area is 119 Å². The summed E-state index contributed by atoms with van der Waals surface area (Å²) >= 11 is 3.36. The van der Waals surface area contributed by atoms with Gasteiger partial charge in [-0.25, -0.2) is 0 Å². The van der Waals surface area contributed by atoms with Crippen molar-refractivity contribution in [3.8, 4) is 5.75 Å². The molecule has 1 atom stereocenters. The van der Waals surface area contributed by atoms with Crippen LogP contribution in [-0.2, 0) is 4.79 Å². The van der Waals surface area contributed by atoms with Crippen LogP contribution in [-0.4, -0.2) is 20.8 Å². The number of carbonyl (C=O) groups excluding carboxylic acids is 1. The Hall–Kier alpha value is -1.82. The van der Waals surface area contributed by atoms with Crippen LogP contribution in [0.1, 0.15) is 18.7 Å². The molecule has 19 heavy (non-hydrogen) atoms. The fraction of sp³-hybridized carbons (Fsp3) is 0.231. The van der Waals surface area contributed by atoms with Gasteiger partial charge in [0.25, 0.3) is 0 Å². The van der Waals surface area contributed by atoms with Gasteiger partial charge in [-0.05, 0) is 41.9 Å². The first-order valence-corrected chi connectivity index (χ1v) is 6.58. The predicted octanol–water partition coefficient (Wildman–Crippen LogP) is 2.86. The van der Waals surface area contributed by atoms with Crippen molar-refractivity contribution in [3.63, 3.8) is 0 Å². The highest BCUT2D eigenvalue weighted by molar-refractivity contribution is 9.10. The number of rotatable bonds is 3. The second-order valence-corrected chi connectivity index (χ2v) is 5.11. The van der Waals surface area contributed by atoms with E-state index in [0.29, 0.717) is 5.69 Å². The lowest BCUT2D eigenvalue weighted by molar-refractivity contribution is -0.119. The molecule has 0 saturated heterocycles. The zero-order valence-electron chi connectivity index (χ0n) is 10.6. The van der Waals surface area contributed by atoms with E-state index in [4.69, 9.17) is 0 Å². The Morgan fingerprint density at radius 1 is 1.53 bits per heavy atom. The molecule has 1 amide bonds. The molecule has 0 bridgehead atoms. The van der Waals surface area contributed by atoms with Crippen LogP contribution in [0.4, 0.5) is 5.69 Å². The van der Waals surface area contributed by atoms with Crippen LogP contribution >= 0.6 is 15.9 Å². The second kappa shape index (κ2) is 5.44. The highest BCUT2D eigenvalue weighted by Crippen LogP contribution is 2.19. The summed E-state index contributed by atoms with van der Waals surface area (Å²) in [6, 6.07) is 5.99. The van der Waals surface area contributed by atoms with Crippen molar-refractivity contribution in [2.24, 2.45) is 0 Å². The van der Waals surface area contributed by atoms with E-state index in [-0.39, 0.29) is 11.7 Å². The number of hydrogen-bond acceptors (Lipinski definition) is 3. The Balaban J connectivity index is 2.11. The van der Waals surface area contributed by atoms with E-state index < -0.39 is 6.04 Å². The molecule has 0 radical (unpaired) electrons. The highest BCUT2D eigenvalue weighted by atomic mass is 79.9. The van der Waals surface area contributed by atoms with Gasteiger partial charge in [0, 0.05) is 18.0 Å². The van der Waals surface area contributed by atoms with Crippen LogP contribution in [0.2, 0.25) is 0 Å². The van der Waals surface area contributed by atoms with Crippen molar-refractivity contribution in [3.05, 3.63) is 40.6 Å². The smallest absolute Gasteiger partial charge is 0.248 e. The number of aromatic nitrogens is 2. The van der Waals surface area contributed by atoms with Crippen LogP contribution in [0.25, 0.3) is 0 Å². The standard InChI is InChI=1S/C13H14BrN3O2/c1-8-12(14)7-17(16-8)9(2)13(19)15-10-4-3-5-11(18)6-10/h3-7,9,18H,1-2H3,(H,15,19). The number of halogens is 1. The number of aromatic hydroxyl groups is 1. The zero-order chi connectivity index (χ0) is 14.0. The number of phenolic OH excluding ortho intramolecular Hbond substituents is 1. The molecule has 5 nitrogen and oxygen atoms in total. The molecular weight excluding hydrogens is 310 g/mol. The van der Waals surface area contributed by atoms with Gasteiger partial charge in [0.15, 0.2) is 0 Å². The molecule has 2 rings (SSSR count). The summed E-state index contributed by atoms with van der Waals surface area (Å²) in [5.41, 5.74) is 1.39. The van der Waals surface area contributed by atoms with Gasteiger partial charge in [-0.3, -0.25) is 9.48 Å². The molecule has 1 aromatic heterocycles. The number of carbonyl (C=O) groups is 1. The van der Waals surface area contributed by atoms with Crippen LogP contribution in [0.15, 0.2) is 34.9 Å². The topological polar surface area (TPSA) is 67.2 Å². The van der Waals surface area contributed by atoms with Crippen molar-refractivity contribution < 1.29 is 9.90 Å². The SMILES string of the molecule is Cc1nn(C(C)C(=O)Nc2cccc(O)c2)cc1Br. The van der Waals surface area contributed by atoms with Gasteiger partial charge in [0.05, 0.1) is 10.2 Å². The minimum absolute atomic E-state index is 0.114. The molecule has 1 aromatic carbocycles. The lowest BCUT2D eigenvalue weighted by atomic mass is 10.2. The first-order chi connectivity index (χ1) is 8.97. The summed E-state index contributed by atoms with van der Waals surface area (Å²) < 4.78 is 2.46. The second-order valence-electron chi connectivity index (χ2n) is 4.26. The van der Waals surface area contributed by atoms with Crippen LogP contribution in [0.3, 0.4) is 0 Å². The summed E-state index contributed by atoms with van der Waals surface area (Å²) in [6.07, 6.45) is 1.77. The number of nitrogens with one attached hydrogen (secondary N) is 1. The summed E-state index contributed by atoms with van der Waals surface area (Å²) in [7, 11) is 0. The first kappa shape index (κ1) is 13.6. The van der Waals surface area contributed by atoms with E-state index in [2.05, 4.69) is 26.3 Å². The monoisotopic (exact) mass is 323 g/mol. The molecular formula is C13H14BrN3O2. The molecule has 1 heterocycles. The average Bonchev–Trinajstić information content (AvgIpc) is 2.68. The maximum Gasteiger partial charge on any atom is 0.248 e. The van der Waals surface area contributed by atoms with Crippen LogP contribution < -0.4 is 5.32 Å². The maximum absolute atomic E-state index is 12.1. The van der Waals surface area contributed by atoms with Crippen molar-refractivity contribution in [2.75, 3.05) is 5.32 Å². The van der Waals surface area contributed by atoms with Gasteiger partial charge in [-0.1, -0.05) is 6.07 Å². The molecule has 1 unspecified atom stereocenters. The average molecular weight is 324 g/mol. The predicted molar refractivity (Wildman–Crippen MR) is 76.1 cm³/mol. The zero-order valence-corrected chi connectivity index (χ0v) is 12.2. The Morgan fingerprint density at radius 3 is 2.84 bits per heavy atom. The van der Waals surface area contributed by atoms with E-state index in [1.54, 1.807) is 36.0 Å². The van der Waals surface area contributed by atoms with Gasteiger partial charge < -0.3 is 10.4 Å². The number of anilines is 1. The van der Waals surface area contributed by atoms with Gasteiger partial charge >= 0.3 is 0 Å². The van der Waals surface area contributed by atoms with Gasteiger partial charge in [0.1, 0.15) is 11.8 Å². The van der Waals surface area contributed by atoms with Gasteiger partial charge in [-0.2, -0.15) is 5.10 Å². The number of hydrogen-bond donors (Lipinski definition) is 2. The largest absolute Gasteiger partial charge is 0.508 e. The molecule has 6 heteroatoms. The van der Waals surface area contributed by atoms with E-state index in [9.17, 15) is 9.90 Å². The summed E-state index contributed by atoms with van der Waals surface area (Å²) in [4.78, 5) is 12.1. The number of phenols is 1. The quantitative estimate of drug-likeness (QED) is 0.912. The number of amides is 1. The minimum Gasteiger partial charge on any atom is -0.508 e. The Kier molecular flexibility index (Phi) is 3.90. The Morgan fingerprint density at radius 2 is 2.26 bits per heavy atom. The van der Waals surface area contributed by atoms with E-state index in [1.807, 2.05) is 6.92 Å². The molecule has 0 aliphatic rings. The molecule has 0 fully saturated rings. The number of aryl methyl sites for hydroxylation is 1. The van der Waals surface area contributed by atoms with Crippen molar-refractivity contribution in [1.82, 2.24) is 9.78 Å². The molecule has 0 saturated carbocycles. The molecule has 0 spiro atoms. The van der Waals surface area contributed by atoms with E-state index >= 15 is 0 Å². The van der Waals surface area contributed by atoms with Crippen molar-refractivity contribution in [2.45, 2.75) is 19.9 Å². The lowest BCUT2D eigenvalue weighted by Gasteiger charge is -2.12. The molecule has 0 aliphatic carbocycles. The third kappa shape index (κ3) is 3.14. The molecule has 0 aliphatic heterocycles. The Bertz CT molecular complexity index is 590. The van der Waals surface area contributed by atoms with Gasteiger partial charge in [0.2, 0.25) is 5.91 Å². The lowest BCUT2D eigenvalue weighted by Crippen LogP contribution is -2.24. The summed E-state index contributed by atoms with van der Waals surface area (Å²) in [6.45, 7) is 3.62. The number of nitrogens with zero attached hydrogens (tertiary/aromatic N) is 2. The van der Waals surface area contributed by atoms with Crippen molar-refractivity contribution >= 4 is 27.5 Å². The fourth-order valence-corrected chi connectivity index (χ4v) is 1.90. The van der Waals surface area contributed by atoms with Crippen LogP contribution in [0, 0.1) is 6.92 Å². The molecule has 100 valence electrons. The molecule has 2 N–H and O–H groups in total. The van der Waals surface area contributed by atoms with E-state index in [1.165, 1.54) is 6.07 Å². The third-order valence-electron chi connectivity index (χ3n) is 2.75. The minimum atomic E-state index is -0.438. The number of benzene rings is 1. The van der Waals surface area contributed by atoms with Gasteiger partial charge in [-0.15, -0.1) is 0 Å². The molecule has 2 aromatic rings. The third-order valence-corrected chi connectivity index (χ3v) is 3.53. The highest BCUT2D eigenvalue weighted by Gasteiger charge is 2.17. The fourth-order valence-electron chi connectivity index (χ4n) is 1.61. The van der Waals surface area contributed by atoms with Crippen LogP contribution in [0.5, 0.6) is 5.75 Å². The summed E-state index contributed by atoms with van der Waals surface area (Å²) in [5, 5.41) is 16.3. The summed E-state index contributed by atoms with van der Waals surface area (Å²) in [5.74, 6) is -0.0799. The first-order valence-electron chi connectivity index (χ1n) is 5.78. The van der Waals surface area contributed by atoms with E-state index in [0.717, 1.165) is 10.2 Å².